The van der Waals surface area contributed by atoms with Gasteiger partial charge in [0.15, 0.2) is 0 Å². The minimum Gasteiger partial charge on any atom is -0.324 e. The van der Waals surface area contributed by atoms with Gasteiger partial charge >= 0.3 is 0 Å². The lowest BCUT2D eigenvalue weighted by Gasteiger charge is -2.09. The number of rotatable bonds is 2. The number of halogens is 1. The molecule has 1 aliphatic carbocycles. The zero-order valence-electron chi connectivity index (χ0n) is 10.1. The Balaban J connectivity index is 2.20. The van der Waals surface area contributed by atoms with E-state index in [4.69, 9.17) is 5.26 Å². The van der Waals surface area contributed by atoms with Crippen LogP contribution in [0.5, 0.6) is 0 Å². The summed E-state index contributed by atoms with van der Waals surface area (Å²) in [7, 11) is 0. The van der Waals surface area contributed by atoms with Gasteiger partial charge in [-0.1, -0.05) is 12.1 Å². The minimum absolute atomic E-state index is 0.0868. The summed E-state index contributed by atoms with van der Waals surface area (Å²) in [4.78, 5) is 14.5. The number of aromatic amines is 1. The van der Waals surface area contributed by atoms with E-state index in [0.717, 1.165) is 29.7 Å². The number of nitrogens with zero attached hydrogens (tertiary/aromatic N) is 1. The van der Waals surface area contributed by atoms with Crippen LogP contribution >= 0.6 is 0 Å². The van der Waals surface area contributed by atoms with Crippen LogP contribution < -0.4 is 5.56 Å². The third-order valence-corrected chi connectivity index (χ3v) is 3.33. The molecule has 0 spiro atoms. The molecule has 4 heteroatoms. The molecule has 0 aliphatic heterocycles. The summed E-state index contributed by atoms with van der Waals surface area (Å²) in [5.74, 6) is 0.0437. The zero-order chi connectivity index (χ0) is 13.4. The SMILES string of the molecule is N#Cc1cc(-c2ccc(F)cc2)c(C2CC2)[nH]c1=O. The van der Waals surface area contributed by atoms with Crippen LogP contribution in [0.4, 0.5) is 4.39 Å². The number of hydrogen-bond acceptors (Lipinski definition) is 2. The minimum atomic E-state index is -0.352. The summed E-state index contributed by atoms with van der Waals surface area (Å²) in [5, 5.41) is 8.95. The fourth-order valence-electron chi connectivity index (χ4n) is 2.19. The van der Waals surface area contributed by atoms with E-state index < -0.39 is 0 Å². The van der Waals surface area contributed by atoms with Crippen molar-refractivity contribution in [2.75, 3.05) is 0 Å². The second-order valence-corrected chi connectivity index (χ2v) is 4.73. The normalized spacial score (nSPS) is 14.1. The second kappa shape index (κ2) is 4.36. The maximum absolute atomic E-state index is 13.0. The van der Waals surface area contributed by atoms with Gasteiger partial charge in [-0.25, -0.2) is 4.39 Å². The molecular formula is C15H11FN2O. The lowest BCUT2D eigenvalue weighted by molar-refractivity contribution is 0.628. The molecule has 0 bridgehead atoms. The Morgan fingerprint density at radius 2 is 1.95 bits per heavy atom. The van der Waals surface area contributed by atoms with Gasteiger partial charge in [-0.3, -0.25) is 4.79 Å². The molecule has 0 radical (unpaired) electrons. The van der Waals surface area contributed by atoms with E-state index in [1.807, 2.05) is 6.07 Å². The van der Waals surface area contributed by atoms with Crippen LogP contribution in [-0.2, 0) is 0 Å². The van der Waals surface area contributed by atoms with Gasteiger partial charge in [0.1, 0.15) is 17.4 Å². The number of pyridine rings is 1. The molecule has 94 valence electrons. The zero-order valence-corrected chi connectivity index (χ0v) is 10.1. The fraction of sp³-hybridized carbons (Fsp3) is 0.200. The molecule has 1 saturated carbocycles. The third kappa shape index (κ3) is 2.15. The first-order valence-electron chi connectivity index (χ1n) is 6.12. The van der Waals surface area contributed by atoms with Crippen molar-refractivity contribution < 1.29 is 4.39 Å². The van der Waals surface area contributed by atoms with Crippen LogP contribution in [0, 0.1) is 17.1 Å². The molecule has 1 N–H and O–H groups in total. The average molecular weight is 254 g/mol. The number of hydrogen-bond donors (Lipinski definition) is 1. The maximum Gasteiger partial charge on any atom is 0.266 e. The molecule has 0 unspecified atom stereocenters. The Bertz CT molecular complexity index is 721. The highest BCUT2D eigenvalue weighted by atomic mass is 19.1. The lowest BCUT2D eigenvalue weighted by atomic mass is 10.00. The predicted molar refractivity (Wildman–Crippen MR) is 69.1 cm³/mol. The van der Waals surface area contributed by atoms with Crippen molar-refractivity contribution in [3.8, 4) is 17.2 Å². The Morgan fingerprint density at radius 3 is 2.53 bits per heavy atom. The van der Waals surface area contributed by atoms with Crippen LogP contribution in [0.1, 0.15) is 30.0 Å². The Hall–Kier alpha value is -2.41. The van der Waals surface area contributed by atoms with Crippen molar-refractivity contribution >= 4 is 0 Å². The molecule has 1 aromatic heterocycles. The number of nitrogens with one attached hydrogen (secondary N) is 1. The topological polar surface area (TPSA) is 56.6 Å². The summed E-state index contributed by atoms with van der Waals surface area (Å²) in [6.45, 7) is 0. The largest absolute Gasteiger partial charge is 0.324 e. The van der Waals surface area contributed by atoms with Crippen molar-refractivity contribution in [3.63, 3.8) is 0 Å². The molecule has 1 fully saturated rings. The van der Waals surface area contributed by atoms with Crippen LogP contribution in [0.3, 0.4) is 0 Å². The number of benzene rings is 1. The maximum atomic E-state index is 13.0. The van der Waals surface area contributed by atoms with E-state index in [1.54, 1.807) is 18.2 Å². The number of H-pyrrole nitrogens is 1. The number of nitriles is 1. The van der Waals surface area contributed by atoms with Crippen molar-refractivity contribution in [1.29, 1.82) is 5.26 Å². The Morgan fingerprint density at radius 1 is 1.26 bits per heavy atom. The van der Waals surface area contributed by atoms with Crippen LogP contribution in [0.25, 0.3) is 11.1 Å². The van der Waals surface area contributed by atoms with Gasteiger partial charge in [-0.05, 0) is 42.5 Å². The van der Waals surface area contributed by atoms with Gasteiger partial charge in [0.25, 0.3) is 5.56 Å². The second-order valence-electron chi connectivity index (χ2n) is 4.73. The highest BCUT2D eigenvalue weighted by molar-refractivity contribution is 5.68. The highest BCUT2D eigenvalue weighted by Crippen LogP contribution is 2.42. The standard InChI is InChI=1S/C15H11FN2O/c16-12-5-3-9(4-6-12)13-7-11(8-17)15(19)18-14(13)10-1-2-10/h3-7,10H,1-2H2,(H,18,19). The Kier molecular flexibility index (Phi) is 2.68. The van der Waals surface area contributed by atoms with Gasteiger partial charge < -0.3 is 4.98 Å². The highest BCUT2D eigenvalue weighted by Gasteiger charge is 2.28. The molecular weight excluding hydrogens is 243 g/mol. The monoisotopic (exact) mass is 254 g/mol. The summed E-state index contributed by atoms with van der Waals surface area (Å²) in [5.41, 5.74) is 2.23. The molecule has 1 heterocycles. The van der Waals surface area contributed by atoms with Crippen molar-refractivity contribution in [2.24, 2.45) is 0 Å². The van der Waals surface area contributed by atoms with Gasteiger partial charge in [0.05, 0.1) is 0 Å². The van der Waals surface area contributed by atoms with Crippen molar-refractivity contribution in [3.05, 3.63) is 57.8 Å². The molecule has 0 saturated heterocycles. The first-order chi connectivity index (χ1) is 9.19. The van der Waals surface area contributed by atoms with Crippen molar-refractivity contribution in [1.82, 2.24) is 4.98 Å². The van der Waals surface area contributed by atoms with E-state index in [2.05, 4.69) is 4.98 Å². The predicted octanol–water partition coefficient (Wildman–Crippen LogP) is 2.93. The van der Waals surface area contributed by atoms with Crippen molar-refractivity contribution in [2.45, 2.75) is 18.8 Å². The van der Waals surface area contributed by atoms with E-state index in [-0.39, 0.29) is 16.9 Å². The van der Waals surface area contributed by atoms with E-state index in [0.29, 0.717) is 5.92 Å². The van der Waals surface area contributed by atoms with Crippen LogP contribution in [-0.4, -0.2) is 4.98 Å². The smallest absolute Gasteiger partial charge is 0.266 e. The van der Waals surface area contributed by atoms with Crippen LogP contribution in [0.2, 0.25) is 0 Å². The Labute approximate surface area is 109 Å². The fourth-order valence-corrected chi connectivity index (χ4v) is 2.19. The molecule has 0 atom stereocenters. The average Bonchev–Trinajstić information content (AvgIpc) is 3.24. The molecule has 2 aromatic rings. The van der Waals surface area contributed by atoms with Crippen LogP contribution in [0.15, 0.2) is 35.1 Å². The van der Waals surface area contributed by atoms with Gasteiger partial charge in [0.2, 0.25) is 0 Å². The lowest BCUT2D eigenvalue weighted by Crippen LogP contribution is -2.13. The molecule has 1 aromatic carbocycles. The molecule has 0 amide bonds. The number of aromatic nitrogens is 1. The quantitative estimate of drug-likeness (QED) is 0.895. The first kappa shape index (κ1) is 11.7. The summed E-state index contributed by atoms with van der Waals surface area (Å²) in [6, 6.07) is 9.56. The summed E-state index contributed by atoms with van der Waals surface area (Å²) >= 11 is 0. The molecule has 1 aliphatic rings. The van der Waals surface area contributed by atoms with E-state index >= 15 is 0 Å². The van der Waals surface area contributed by atoms with E-state index in [1.165, 1.54) is 12.1 Å². The van der Waals surface area contributed by atoms with E-state index in [9.17, 15) is 9.18 Å². The van der Waals surface area contributed by atoms with Gasteiger partial charge in [0, 0.05) is 11.3 Å². The molecule has 19 heavy (non-hydrogen) atoms. The molecule has 3 rings (SSSR count). The third-order valence-electron chi connectivity index (χ3n) is 3.33. The van der Waals surface area contributed by atoms with Gasteiger partial charge in [-0.15, -0.1) is 0 Å². The van der Waals surface area contributed by atoms with Gasteiger partial charge in [-0.2, -0.15) is 5.26 Å². The summed E-state index contributed by atoms with van der Waals surface area (Å²) in [6.07, 6.45) is 2.08. The molecule has 3 nitrogen and oxygen atoms in total. The first-order valence-corrected chi connectivity index (χ1v) is 6.12. The summed E-state index contributed by atoms with van der Waals surface area (Å²) < 4.78 is 13.0.